The van der Waals surface area contributed by atoms with E-state index in [1.807, 2.05) is 7.05 Å². The van der Waals surface area contributed by atoms with Crippen LogP contribution >= 0.6 is 11.3 Å². The van der Waals surface area contributed by atoms with Crippen molar-refractivity contribution < 1.29 is 0 Å². The summed E-state index contributed by atoms with van der Waals surface area (Å²) in [4.78, 5) is 7.22. The highest BCUT2D eigenvalue weighted by molar-refractivity contribution is 7.09. The average Bonchev–Trinajstić information content (AvgIpc) is 2.75. The maximum atomic E-state index is 4.63. The summed E-state index contributed by atoms with van der Waals surface area (Å²) in [6.45, 7) is 6.97. The van der Waals surface area contributed by atoms with Gasteiger partial charge >= 0.3 is 0 Å². The van der Waals surface area contributed by atoms with E-state index < -0.39 is 0 Å². The molecule has 0 saturated carbocycles. The normalized spacial score (nSPS) is 21.9. The predicted octanol–water partition coefficient (Wildman–Crippen LogP) is 2.14. The highest BCUT2D eigenvalue weighted by Gasteiger charge is 2.16. The molecule has 1 aromatic rings. The van der Waals surface area contributed by atoms with Crippen LogP contribution in [0, 0.1) is 5.92 Å². The minimum Gasteiger partial charge on any atom is -0.314 e. The SMILES string of the molecule is CNCc1csc(CCN2CCCC(C)C2)n1. The molecule has 1 fully saturated rings. The molecule has 4 heteroatoms. The number of thiazole rings is 1. The highest BCUT2D eigenvalue weighted by Crippen LogP contribution is 2.17. The molecule has 1 atom stereocenters. The molecule has 1 aliphatic heterocycles. The van der Waals surface area contributed by atoms with Crippen molar-refractivity contribution in [1.29, 1.82) is 0 Å². The average molecular weight is 253 g/mol. The summed E-state index contributed by atoms with van der Waals surface area (Å²) < 4.78 is 0. The fourth-order valence-corrected chi connectivity index (χ4v) is 3.26. The Morgan fingerprint density at radius 1 is 1.59 bits per heavy atom. The van der Waals surface area contributed by atoms with Gasteiger partial charge in [-0.1, -0.05) is 6.92 Å². The first kappa shape index (κ1) is 13.0. The summed E-state index contributed by atoms with van der Waals surface area (Å²) in [5.74, 6) is 0.875. The summed E-state index contributed by atoms with van der Waals surface area (Å²) in [6.07, 6.45) is 3.88. The second-order valence-corrected chi connectivity index (χ2v) is 6.00. The standard InChI is InChI=1S/C13H23N3S/c1-11-4-3-6-16(9-11)7-5-13-15-12(8-14-2)10-17-13/h10-11,14H,3-9H2,1-2H3. The van der Waals surface area contributed by atoms with Gasteiger partial charge in [-0.3, -0.25) is 0 Å². The molecule has 1 unspecified atom stereocenters. The van der Waals surface area contributed by atoms with Gasteiger partial charge in [-0.15, -0.1) is 11.3 Å². The molecule has 0 radical (unpaired) electrons. The maximum Gasteiger partial charge on any atom is 0.0941 e. The zero-order valence-electron chi connectivity index (χ0n) is 10.9. The van der Waals surface area contributed by atoms with Crippen molar-refractivity contribution in [1.82, 2.24) is 15.2 Å². The van der Waals surface area contributed by atoms with E-state index in [2.05, 4.69) is 27.5 Å². The third-order valence-corrected chi connectivity index (χ3v) is 4.30. The molecule has 3 nitrogen and oxygen atoms in total. The summed E-state index contributed by atoms with van der Waals surface area (Å²) in [6, 6.07) is 0. The molecule has 1 aromatic heterocycles. The molecule has 0 aliphatic carbocycles. The van der Waals surface area contributed by atoms with E-state index >= 15 is 0 Å². The minimum atomic E-state index is 0.875. The smallest absolute Gasteiger partial charge is 0.0941 e. The third kappa shape index (κ3) is 4.05. The van der Waals surface area contributed by atoms with Gasteiger partial charge in [0.05, 0.1) is 10.7 Å². The van der Waals surface area contributed by atoms with E-state index in [0.29, 0.717) is 0 Å². The summed E-state index contributed by atoms with van der Waals surface area (Å²) in [5, 5.41) is 6.60. The molecule has 0 bridgehead atoms. The van der Waals surface area contributed by atoms with Gasteiger partial charge in [0.15, 0.2) is 0 Å². The number of nitrogens with one attached hydrogen (secondary N) is 1. The molecule has 0 aromatic carbocycles. The van der Waals surface area contributed by atoms with Crippen molar-refractivity contribution in [3.05, 3.63) is 16.1 Å². The van der Waals surface area contributed by atoms with Crippen molar-refractivity contribution in [3.63, 3.8) is 0 Å². The Hall–Kier alpha value is -0.450. The van der Waals surface area contributed by atoms with Crippen molar-refractivity contribution >= 4 is 11.3 Å². The number of aromatic nitrogens is 1. The van der Waals surface area contributed by atoms with E-state index in [4.69, 9.17) is 0 Å². The van der Waals surface area contributed by atoms with Crippen LogP contribution in [0.4, 0.5) is 0 Å². The van der Waals surface area contributed by atoms with Gasteiger partial charge in [0.2, 0.25) is 0 Å². The lowest BCUT2D eigenvalue weighted by Gasteiger charge is -2.30. The van der Waals surface area contributed by atoms with Crippen LogP contribution in [-0.2, 0) is 13.0 Å². The van der Waals surface area contributed by atoms with Gasteiger partial charge in [-0.05, 0) is 32.4 Å². The molecule has 96 valence electrons. The van der Waals surface area contributed by atoms with Crippen LogP contribution in [0.2, 0.25) is 0 Å². The third-order valence-electron chi connectivity index (χ3n) is 3.34. The van der Waals surface area contributed by atoms with Gasteiger partial charge in [-0.2, -0.15) is 0 Å². The van der Waals surface area contributed by atoms with Crippen LogP contribution in [0.15, 0.2) is 5.38 Å². The van der Waals surface area contributed by atoms with E-state index in [9.17, 15) is 0 Å². The van der Waals surface area contributed by atoms with E-state index in [-0.39, 0.29) is 0 Å². The van der Waals surface area contributed by atoms with Crippen LogP contribution in [0.5, 0.6) is 0 Å². The topological polar surface area (TPSA) is 28.2 Å². The Bertz CT molecular complexity index is 337. The Morgan fingerprint density at radius 3 is 3.24 bits per heavy atom. The lowest BCUT2D eigenvalue weighted by Crippen LogP contribution is -2.35. The second-order valence-electron chi connectivity index (χ2n) is 5.06. The van der Waals surface area contributed by atoms with Crippen LogP contribution in [0.25, 0.3) is 0 Å². The molecule has 0 spiro atoms. The molecule has 2 rings (SSSR count). The minimum absolute atomic E-state index is 0.875. The lowest BCUT2D eigenvalue weighted by atomic mass is 10.0. The molecule has 1 N–H and O–H groups in total. The Labute approximate surface area is 108 Å². The Balaban J connectivity index is 1.76. The fraction of sp³-hybridized carbons (Fsp3) is 0.769. The highest BCUT2D eigenvalue weighted by atomic mass is 32.1. The predicted molar refractivity (Wildman–Crippen MR) is 73.4 cm³/mol. The molecule has 1 aliphatic rings. The summed E-state index contributed by atoms with van der Waals surface area (Å²) >= 11 is 1.80. The molecule has 0 amide bonds. The number of piperidine rings is 1. The Morgan fingerprint density at radius 2 is 2.47 bits per heavy atom. The van der Waals surface area contributed by atoms with Crippen molar-refractivity contribution in [2.75, 3.05) is 26.7 Å². The van der Waals surface area contributed by atoms with Gasteiger partial charge in [0.25, 0.3) is 0 Å². The molecule has 1 saturated heterocycles. The zero-order valence-corrected chi connectivity index (χ0v) is 11.7. The van der Waals surface area contributed by atoms with Gasteiger partial charge in [-0.25, -0.2) is 4.98 Å². The van der Waals surface area contributed by atoms with Gasteiger partial charge < -0.3 is 10.2 Å². The van der Waals surface area contributed by atoms with E-state index in [1.54, 1.807) is 11.3 Å². The fourth-order valence-electron chi connectivity index (χ4n) is 2.47. The molecular weight excluding hydrogens is 230 g/mol. The Kier molecular flexibility index (Phi) is 4.95. The molecular formula is C13H23N3S. The van der Waals surface area contributed by atoms with Crippen LogP contribution in [-0.4, -0.2) is 36.6 Å². The number of likely N-dealkylation sites (tertiary alicyclic amines) is 1. The molecule has 17 heavy (non-hydrogen) atoms. The second kappa shape index (κ2) is 6.47. The number of rotatable bonds is 5. The quantitative estimate of drug-likeness (QED) is 0.871. The van der Waals surface area contributed by atoms with Gasteiger partial charge in [0, 0.05) is 31.4 Å². The summed E-state index contributed by atoms with van der Waals surface area (Å²) in [5.41, 5.74) is 1.18. The van der Waals surface area contributed by atoms with E-state index in [0.717, 1.165) is 18.9 Å². The first-order chi connectivity index (χ1) is 8.28. The summed E-state index contributed by atoms with van der Waals surface area (Å²) in [7, 11) is 1.97. The van der Waals surface area contributed by atoms with Crippen LogP contribution in [0.1, 0.15) is 30.5 Å². The number of hydrogen-bond donors (Lipinski definition) is 1. The zero-order chi connectivity index (χ0) is 12.1. The maximum absolute atomic E-state index is 4.63. The first-order valence-corrected chi connectivity index (χ1v) is 7.46. The monoisotopic (exact) mass is 253 g/mol. The van der Waals surface area contributed by atoms with E-state index in [1.165, 1.54) is 43.2 Å². The van der Waals surface area contributed by atoms with Crippen LogP contribution in [0.3, 0.4) is 0 Å². The first-order valence-electron chi connectivity index (χ1n) is 6.58. The lowest BCUT2D eigenvalue weighted by molar-refractivity contribution is 0.186. The number of nitrogens with zero attached hydrogens (tertiary/aromatic N) is 2. The largest absolute Gasteiger partial charge is 0.314 e. The van der Waals surface area contributed by atoms with Crippen molar-refractivity contribution in [2.24, 2.45) is 5.92 Å². The molecule has 2 heterocycles. The van der Waals surface area contributed by atoms with Crippen molar-refractivity contribution in [3.8, 4) is 0 Å². The van der Waals surface area contributed by atoms with Crippen molar-refractivity contribution in [2.45, 2.75) is 32.7 Å². The van der Waals surface area contributed by atoms with Crippen LogP contribution < -0.4 is 5.32 Å². The number of hydrogen-bond acceptors (Lipinski definition) is 4. The van der Waals surface area contributed by atoms with Gasteiger partial charge in [0.1, 0.15) is 0 Å².